The predicted octanol–water partition coefficient (Wildman–Crippen LogP) is 4.75. The van der Waals surface area contributed by atoms with Crippen LogP contribution in [0.1, 0.15) is 11.1 Å². The molecule has 7 nitrogen and oxygen atoms in total. The fraction of sp³-hybridized carbons (Fsp3) is 0.158. The number of halogens is 3. The van der Waals surface area contributed by atoms with Crippen molar-refractivity contribution in [3.05, 3.63) is 82.0 Å². The third kappa shape index (κ3) is 4.60. The van der Waals surface area contributed by atoms with Gasteiger partial charge in [0.15, 0.2) is 0 Å². The number of hydrogen-bond donors (Lipinski definition) is 0. The topological polar surface area (TPSA) is 81.4 Å². The number of aromatic nitrogens is 2. The number of alkyl halides is 3. The molecule has 0 aliphatic rings. The molecule has 0 amide bonds. The highest BCUT2D eigenvalue weighted by Gasteiger charge is 2.36. The minimum absolute atomic E-state index is 0.129. The minimum Gasteiger partial charge on any atom is -0.472 e. The van der Waals surface area contributed by atoms with Crippen LogP contribution in [0.4, 0.5) is 30.5 Å². The van der Waals surface area contributed by atoms with E-state index in [4.69, 9.17) is 4.74 Å². The zero-order valence-electron chi connectivity index (χ0n) is 15.1. The molecule has 1 aromatic heterocycles. The van der Waals surface area contributed by atoms with E-state index in [9.17, 15) is 23.3 Å². The first kappa shape index (κ1) is 20.1. The Morgan fingerprint density at radius 3 is 2.41 bits per heavy atom. The minimum atomic E-state index is -4.72. The molecule has 0 fully saturated rings. The molecule has 0 radical (unpaired) electrons. The maximum atomic E-state index is 13.3. The van der Waals surface area contributed by atoms with Gasteiger partial charge in [0, 0.05) is 19.3 Å². The van der Waals surface area contributed by atoms with Gasteiger partial charge in [0.1, 0.15) is 17.9 Å². The summed E-state index contributed by atoms with van der Waals surface area (Å²) in [6, 6.07) is 14.4. The van der Waals surface area contributed by atoms with E-state index in [-0.39, 0.29) is 23.9 Å². The molecule has 0 aliphatic heterocycles. The number of nitro benzene ring substituents is 1. The Kier molecular flexibility index (Phi) is 5.62. The summed E-state index contributed by atoms with van der Waals surface area (Å²) >= 11 is 0. The number of nitrogens with zero attached hydrogens (tertiary/aromatic N) is 4. The summed E-state index contributed by atoms with van der Waals surface area (Å²) in [7, 11) is 1.42. The van der Waals surface area contributed by atoms with Crippen LogP contribution in [0, 0.1) is 10.1 Å². The first-order valence-electron chi connectivity index (χ1n) is 8.35. The van der Waals surface area contributed by atoms with Gasteiger partial charge in [0.2, 0.25) is 11.8 Å². The SMILES string of the molecule is CN(c1ncc(C(F)(F)F)c(OCc2ccccc2)n1)c1ccccc1[N+](=O)[O-]. The van der Waals surface area contributed by atoms with Crippen LogP contribution in [-0.2, 0) is 12.8 Å². The maximum Gasteiger partial charge on any atom is 0.423 e. The smallest absolute Gasteiger partial charge is 0.423 e. The summed E-state index contributed by atoms with van der Waals surface area (Å²) in [6.07, 6.45) is -4.12. The zero-order valence-corrected chi connectivity index (χ0v) is 15.1. The molecule has 29 heavy (non-hydrogen) atoms. The van der Waals surface area contributed by atoms with Crippen molar-refractivity contribution >= 4 is 17.3 Å². The van der Waals surface area contributed by atoms with Crippen LogP contribution in [0.5, 0.6) is 5.88 Å². The molecule has 2 aromatic carbocycles. The highest BCUT2D eigenvalue weighted by molar-refractivity contribution is 5.68. The van der Waals surface area contributed by atoms with Crippen LogP contribution < -0.4 is 9.64 Å². The van der Waals surface area contributed by atoms with Gasteiger partial charge in [0.25, 0.3) is 5.69 Å². The van der Waals surface area contributed by atoms with Gasteiger partial charge in [-0.15, -0.1) is 0 Å². The second-order valence-corrected chi connectivity index (χ2v) is 5.97. The van der Waals surface area contributed by atoms with Crippen LogP contribution in [0.2, 0.25) is 0 Å². The fourth-order valence-corrected chi connectivity index (χ4v) is 2.56. The zero-order chi connectivity index (χ0) is 21.0. The first-order valence-corrected chi connectivity index (χ1v) is 8.35. The van der Waals surface area contributed by atoms with Crippen LogP contribution in [0.3, 0.4) is 0 Å². The molecule has 10 heteroatoms. The first-order chi connectivity index (χ1) is 13.8. The molecular formula is C19H15F3N4O3. The predicted molar refractivity (Wildman–Crippen MR) is 99.0 cm³/mol. The van der Waals surface area contributed by atoms with E-state index in [1.165, 1.54) is 30.1 Å². The van der Waals surface area contributed by atoms with Crippen molar-refractivity contribution in [1.82, 2.24) is 9.97 Å². The van der Waals surface area contributed by atoms with E-state index in [1.54, 1.807) is 36.4 Å². The average Bonchev–Trinajstić information content (AvgIpc) is 2.71. The van der Waals surface area contributed by atoms with Crippen molar-refractivity contribution in [2.45, 2.75) is 12.8 Å². The van der Waals surface area contributed by atoms with Gasteiger partial charge in [-0.3, -0.25) is 10.1 Å². The number of ether oxygens (including phenoxy) is 1. The van der Waals surface area contributed by atoms with Gasteiger partial charge in [-0.25, -0.2) is 4.98 Å². The third-order valence-corrected chi connectivity index (χ3v) is 4.00. The summed E-state index contributed by atoms with van der Waals surface area (Å²) in [5.74, 6) is -0.827. The molecule has 0 unspecified atom stereocenters. The number of benzene rings is 2. The van der Waals surface area contributed by atoms with Crippen LogP contribution in [0.25, 0.3) is 0 Å². The van der Waals surface area contributed by atoms with E-state index in [0.29, 0.717) is 11.8 Å². The molecular weight excluding hydrogens is 389 g/mol. The Hall–Kier alpha value is -3.69. The molecule has 0 N–H and O–H groups in total. The molecule has 3 aromatic rings. The van der Waals surface area contributed by atoms with Crippen molar-refractivity contribution in [3.63, 3.8) is 0 Å². The molecule has 0 spiro atoms. The molecule has 0 saturated carbocycles. The van der Waals surface area contributed by atoms with Gasteiger partial charge in [-0.2, -0.15) is 18.2 Å². The van der Waals surface area contributed by atoms with E-state index in [2.05, 4.69) is 9.97 Å². The van der Waals surface area contributed by atoms with Crippen LogP contribution >= 0.6 is 0 Å². The quantitative estimate of drug-likeness (QED) is 0.436. The summed E-state index contributed by atoms with van der Waals surface area (Å²) in [5.41, 5.74) is -0.572. The summed E-state index contributed by atoms with van der Waals surface area (Å²) < 4.78 is 45.3. The molecule has 150 valence electrons. The van der Waals surface area contributed by atoms with Gasteiger partial charge < -0.3 is 9.64 Å². The Morgan fingerprint density at radius 1 is 1.10 bits per heavy atom. The van der Waals surface area contributed by atoms with Gasteiger partial charge in [-0.1, -0.05) is 42.5 Å². The van der Waals surface area contributed by atoms with Crippen molar-refractivity contribution < 1.29 is 22.8 Å². The van der Waals surface area contributed by atoms with E-state index in [0.717, 1.165) is 0 Å². The van der Waals surface area contributed by atoms with Gasteiger partial charge in [-0.05, 0) is 11.6 Å². The van der Waals surface area contributed by atoms with Crippen LogP contribution in [0.15, 0.2) is 60.8 Å². The molecule has 0 atom stereocenters. The summed E-state index contributed by atoms with van der Waals surface area (Å²) in [4.78, 5) is 19.5. The van der Waals surface area contributed by atoms with Crippen molar-refractivity contribution in [2.75, 3.05) is 11.9 Å². The second kappa shape index (κ2) is 8.13. The highest BCUT2D eigenvalue weighted by atomic mass is 19.4. The number of para-hydroxylation sites is 2. The number of hydrogen-bond acceptors (Lipinski definition) is 6. The normalized spacial score (nSPS) is 11.2. The lowest BCUT2D eigenvalue weighted by Gasteiger charge is -2.19. The molecule has 3 rings (SSSR count). The fourth-order valence-electron chi connectivity index (χ4n) is 2.56. The van der Waals surface area contributed by atoms with Gasteiger partial charge >= 0.3 is 6.18 Å². The number of nitro groups is 1. The van der Waals surface area contributed by atoms with Gasteiger partial charge in [0.05, 0.1) is 4.92 Å². The number of anilines is 2. The van der Waals surface area contributed by atoms with Crippen molar-refractivity contribution in [2.24, 2.45) is 0 Å². The standard InChI is InChI=1S/C19H15F3N4O3/c1-25(15-9-5-6-10-16(15)26(27)28)18-23-11-14(19(20,21)22)17(24-18)29-12-13-7-3-2-4-8-13/h2-11H,12H2,1H3. The largest absolute Gasteiger partial charge is 0.472 e. The van der Waals surface area contributed by atoms with Crippen molar-refractivity contribution in [3.8, 4) is 5.88 Å². The van der Waals surface area contributed by atoms with E-state index in [1.807, 2.05) is 0 Å². The molecule has 0 aliphatic carbocycles. The lowest BCUT2D eigenvalue weighted by molar-refractivity contribution is -0.384. The number of rotatable bonds is 6. The second-order valence-electron chi connectivity index (χ2n) is 5.97. The Morgan fingerprint density at radius 2 is 1.76 bits per heavy atom. The molecule has 1 heterocycles. The Bertz CT molecular complexity index is 1010. The Balaban J connectivity index is 1.97. The van der Waals surface area contributed by atoms with E-state index >= 15 is 0 Å². The lowest BCUT2D eigenvalue weighted by Crippen LogP contribution is -2.18. The summed E-state index contributed by atoms with van der Waals surface area (Å²) in [5, 5.41) is 11.2. The molecule has 0 saturated heterocycles. The Labute approximate surface area is 163 Å². The average molecular weight is 404 g/mol. The monoisotopic (exact) mass is 404 g/mol. The van der Waals surface area contributed by atoms with E-state index < -0.39 is 22.5 Å². The summed E-state index contributed by atoms with van der Waals surface area (Å²) in [6.45, 7) is -0.129. The third-order valence-electron chi connectivity index (χ3n) is 4.00. The highest BCUT2D eigenvalue weighted by Crippen LogP contribution is 2.37. The van der Waals surface area contributed by atoms with Crippen LogP contribution in [-0.4, -0.2) is 21.9 Å². The lowest BCUT2D eigenvalue weighted by atomic mass is 10.2. The molecule has 0 bridgehead atoms. The van der Waals surface area contributed by atoms with Crippen molar-refractivity contribution in [1.29, 1.82) is 0 Å². The maximum absolute atomic E-state index is 13.3.